The van der Waals surface area contributed by atoms with Gasteiger partial charge in [0.15, 0.2) is 11.6 Å². The van der Waals surface area contributed by atoms with Crippen LogP contribution in [0.25, 0.3) is 0 Å². The van der Waals surface area contributed by atoms with Crippen molar-refractivity contribution in [2.24, 2.45) is 0 Å². The quantitative estimate of drug-likeness (QED) is 0.760. The number of carbonyl (C=O) groups is 1. The number of hydrogen-bond donors (Lipinski definition) is 1. The van der Waals surface area contributed by atoms with Crippen LogP contribution in [0.5, 0.6) is 5.75 Å². The van der Waals surface area contributed by atoms with Crippen molar-refractivity contribution in [3.63, 3.8) is 0 Å². The van der Waals surface area contributed by atoms with Gasteiger partial charge in [-0.25, -0.2) is 9.37 Å². The normalized spacial score (nSPS) is 19.7. The van der Waals surface area contributed by atoms with Crippen molar-refractivity contribution < 1.29 is 27.1 Å². The number of likely N-dealkylation sites (tertiary alicyclic amines) is 1. The van der Waals surface area contributed by atoms with Crippen molar-refractivity contribution in [3.8, 4) is 5.75 Å². The number of amides is 1. The second kappa shape index (κ2) is 8.26. The van der Waals surface area contributed by atoms with Crippen molar-refractivity contribution in [1.29, 1.82) is 0 Å². The standard InChI is InChI=1S/C20H21F4N3O2/c1-12-16(26-17-9-8-13(11-25-17)20(22,23)24)7-4-10-27(12)19(28)14-5-3-6-15(21)18(14)29-2/h3,5-6,8-9,11-12,16H,4,7,10H2,1-2H3,(H,25,26)/t12-,16-/m1/s1. The molecule has 0 bridgehead atoms. The van der Waals surface area contributed by atoms with Crippen LogP contribution in [-0.2, 0) is 6.18 Å². The highest BCUT2D eigenvalue weighted by atomic mass is 19.4. The maximum atomic E-state index is 14.0. The minimum Gasteiger partial charge on any atom is -0.493 e. The molecule has 0 saturated carbocycles. The summed E-state index contributed by atoms with van der Waals surface area (Å²) in [5, 5.41) is 3.11. The van der Waals surface area contributed by atoms with Gasteiger partial charge in [-0.2, -0.15) is 13.2 Å². The Labute approximate surface area is 165 Å². The first kappa shape index (κ1) is 20.9. The third kappa shape index (κ3) is 4.44. The average Bonchev–Trinajstić information content (AvgIpc) is 2.68. The highest BCUT2D eigenvalue weighted by Gasteiger charge is 2.34. The smallest absolute Gasteiger partial charge is 0.417 e. The molecule has 1 aromatic carbocycles. The van der Waals surface area contributed by atoms with E-state index in [1.165, 1.54) is 31.4 Å². The fourth-order valence-electron chi connectivity index (χ4n) is 3.50. The molecule has 1 aliphatic heterocycles. The van der Waals surface area contributed by atoms with Crippen LogP contribution < -0.4 is 10.1 Å². The monoisotopic (exact) mass is 411 g/mol. The summed E-state index contributed by atoms with van der Waals surface area (Å²) >= 11 is 0. The molecule has 1 amide bonds. The van der Waals surface area contributed by atoms with E-state index in [2.05, 4.69) is 10.3 Å². The largest absolute Gasteiger partial charge is 0.493 e. The van der Waals surface area contributed by atoms with Crippen molar-refractivity contribution in [2.75, 3.05) is 19.0 Å². The number of ether oxygens (including phenoxy) is 1. The molecule has 1 aromatic heterocycles. The van der Waals surface area contributed by atoms with Gasteiger partial charge >= 0.3 is 6.18 Å². The number of nitrogens with zero attached hydrogens (tertiary/aromatic N) is 2. The lowest BCUT2D eigenvalue weighted by Gasteiger charge is -2.40. The van der Waals surface area contributed by atoms with E-state index < -0.39 is 17.6 Å². The van der Waals surface area contributed by atoms with Gasteiger partial charge in [0.1, 0.15) is 5.82 Å². The fourth-order valence-corrected chi connectivity index (χ4v) is 3.50. The molecule has 2 atom stereocenters. The Bertz CT molecular complexity index is 871. The molecule has 1 aliphatic rings. The highest BCUT2D eigenvalue weighted by molar-refractivity contribution is 5.97. The van der Waals surface area contributed by atoms with Gasteiger partial charge in [0, 0.05) is 24.8 Å². The zero-order valence-corrected chi connectivity index (χ0v) is 16.0. The van der Waals surface area contributed by atoms with Gasteiger partial charge in [0.25, 0.3) is 5.91 Å². The van der Waals surface area contributed by atoms with Gasteiger partial charge in [-0.3, -0.25) is 4.79 Å². The molecule has 0 unspecified atom stereocenters. The van der Waals surface area contributed by atoms with Crippen LogP contribution in [-0.4, -0.2) is 41.5 Å². The van der Waals surface area contributed by atoms with E-state index in [0.717, 1.165) is 12.3 Å². The Morgan fingerprint density at radius 3 is 2.66 bits per heavy atom. The first-order valence-corrected chi connectivity index (χ1v) is 9.15. The number of alkyl halides is 3. The number of nitrogens with one attached hydrogen (secondary N) is 1. The van der Waals surface area contributed by atoms with Crippen LogP contribution in [0.1, 0.15) is 35.7 Å². The van der Waals surface area contributed by atoms with Crippen molar-refractivity contribution in [1.82, 2.24) is 9.88 Å². The number of carbonyl (C=O) groups excluding carboxylic acids is 1. The Kier molecular flexibility index (Phi) is 5.95. The predicted octanol–water partition coefficient (Wildman–Crippen LogP) is 4.35. The second-order valence-electron chi connectivity index (χ2n) is 6.88. The first-order chi connectivity index (χ1) is 13.7. The lowest BCUT2D eigenvalue weighted by molar-refractivity contribution is -0.137. The van der Waals surface area contributed by atoms with E-state index in [-0.39, 0.29) is 29.3 Å². The zero-order chi connectivity index (χ0) is 21.2. The number of halogens is 4. The van der Waals surface area contributed by atoms with Crippen LogP contribution in [0.2, 0.25) is 0 Å². The molecule has 29 heavy (non-hydrogen) atoms. The summed E-state index contributed by atoms with van der Waals surface area (Å²) in [4.78, 5) is 18.5. The number of anilines is 1. The summed E-state index contributed by atoms with van der Waals surface area (Å²) < 4.78 is 57.1. The molecule has 3 rings (SSSR count). The number of pyridine rings is 1. The maximum absolute atomic E-state index is 14.0. The molecule has 0 radical (unpaired) electrons. The lowest BCUT2D eigenvalue weighted by atomic mass is 9.96. The molecule has 156 valence electrons. The van der Waals surface area contributed by atoms with E-state index in [9.17, 15) is 22.4 Å². The van der Waals surface area contributed by atoms with Crippen LogP contribution in [0, 0.1) is 5.82 Å². The molecule has 1 saturated heterocycles. The van der Waals surface area contributed by atoms with E-state index >= 15 is 0 Å². The summed E-state index contributed by atoms with van der Waals surface area (Å²) in [6, 6.07) is 5.91. The summed E-state index contributed by atoms with van der Waals surface area (Å²) in [5.74, 6) is -0.788. The number of hydrogen-bond acceptors (Lipinski definition) is 4. The van der Waals surface area contributed by atoms with Crippen LogP contribution in [0.15, 0.2) is 36.5 Å². The SMILES string of the molecule is COc1c(F)cccc1C(=O)N1CCC[C@@H](Nc2ccc(C(F)(F)F)cn2)[C@H]1C. The number of para-hydroxylation sites is 1. The van der Waals surface area contributed by atoms with Gasteiger partial charge in [-0.1, -0.05) is 6.07 Å². The molecule has 5 nitrogen and oxygen atoms in total. The van der Waals surface area contributed by atoms with Crippen molar-refractivity contribution in [2.45, 2.75) is 38.0 Å². The van der Waals surface area contributed by atoms with Gasteiger partial charge < -0.3 is 15.0 Å². The summed E-state index contributed by atoms with van der Waals surface area (Å²) in [6.45, 7) is 2.32. The van der Waals surface area contributed by atoms with E-state index in [1.54, 1.807) is 4.90 Å². The summed E-state index contributed by atoms with van der Waals surface area (Å²) in [5.41, 5.74) is -0.692. The molecule has 1 fully saturated rings. The Balaban J connectivity index is 1.76. The minimum absolute atomic E-state index is 0.107. The lowest BCUT2D eigenvalue weighted by Crippen LogP contribution is -2.52. The highest BCUT2D eigenvalue weighted by Crippen LogP contribution is 2.30. The molecule has 9 heteroatoms. The Morgan fingerprint density at radius 2 is 2.03 bits per heavy atom. The summed E-state index contributed by atoms with van der Waals surface area (Å²) in [7, 11) is 1.30. The third-order valence-electron chi connectivity index (χ3n) is 5.07. The predicted molar refractivity (Wildman–Crippen MR) is 99.3 cm³/mol. The molecule has 2 aromatic rings. The van der Waals surface area contributed by atoms with E-state index in [1.807, 2.05) is 6.92 Å². The van der Waals surface area contributed by atoms with Crippen molar-refractivity contribution in [3.05, 3.63) is 53.5 Å². The van der Waals surface area contributed by atoms with Gasteiger partial charge in [-0.05, 0) is 44.0 Å². The number of piperidine rings is 1. The molecule has 2 heterocycles. The first-order valence-electron chi connectivity index (χ1n) is 9.15. The fraction of sp³-hybridized carbons (Fsp3) is 0.400. The average molecular weight is 411 g/mol. The third-order valence-corrected chi connectivity index (χ3v) is 5.07. The number of rotatable bonds is 4. The number of aromatic nitrogens is 1. The van der Waals surface area contributed by atoms with Gasteiger partial charge in [0.05, 0.1) is 18.2 Å². The minimum atomic E-state index is -4.45. The maximum Gasteiger partial charge on any atom is 0.417 e. The van der Waals surface area contributed by atoms with Crippen molar-refractivity contribution >= 4 is 11.7 Å². The topological polar surface area (TPSA) is 54.5 Å². The molecule has 1 N–H and O–H groups in total. The zero-order valence-electron chi connectivity index (χ0n) is 16.0. The number of methoxy groups -OCH3 is 1. The van der Waals surface area contributed by atoms with Crippen LogP contribution in [0.4, 0.5) is 23.4 Å². The Hall–Kier alpha value is -2.84. The summed E-state index contributed by atoms with van der Waals surface area (Å²) in [6.07, 6.45) is -2.27. The Morgan fingerprint density at radius 1 is 1.28 bits per heavy atom. The molecule has 0 aliphatic carbocycles. The molecular weight excluding hydrogens is 390 g/mol. The van der Waals surface area contributed by atoms with Gasteiger partial charge in [-0.15, -0.1) is 0 Å². The molecular formula is C20H21F4N3O2. The van der Waals surface area contributed by atoms with E-state index in [0.29, 0.717) is 25.2 Å². The molecule has 0 spiro atoms. The van der Waals surface area contributed by atoms with Crippen LogP contribution >= 0.6 is 0 Å². The van der Waals surface area contributed by atoms with E-state index in [4.69, 9.17) is 4.74 Å². The van der Waals surface area contributed by atoms with Crippen LogP contribution in [0.3, 0.4) is 0 Å². The van der Waals surface area contributed by atoms with Gasteiger partial charge in [0.2, 0.25) is 0 Å². The second-order valence-corrected chi connectivity index (χ2v) is 6.88. The number of benzene rings is 1.